The summed E-state index contributed by atoms with van der Waals surface area (Å²) in [5.74, 6) is 0. The molecule has 1 aromatic carbocycles. The van der Waals surface area contributed by atoms with Crippen LogP contribution in [0.2, 0.25) is 10.0 Å². The van der Waals surface area contributed by atoms with E-state index in [1.807, 2.05) is 0 Å². The van der Waals surface area contributed by atoms with E-state index in [0.717, 1.165) is 0 Å². The Morgan fingerprint density at radius 1 is 1.29 bits per heavy atom. The van der Waals surface area contributed by atoms with Crippen molar-refractivity contribution in [3.05, 3.63) is 38.7 Å². The van der Waals surface area contributed by atoms with E-state index in [-0.39, 0.29) is 0 Å². The van der Waals surface area contributed by atoms with Crippen molar-refractivity contribution in [2.45, 2.75) is 20.1 Å². The maximum Gasteiger partial charge on any atom is 0.162 e. The number of allylic oxidation sites excluding steroid dienone is 1. The van der Waals surface area contributed by atoms with Crippen molar-refractivity contribution in [3.63, 3.8) is 0 Å². The summed E-state index contributed by atoms with van der Waals surface area (Å²) in [5.41, 5.74) is 1.07. The van der Waals surface area contributed by atoms with Crippen LogP contribution in [0.25, 0.3) is 0 Å². The molecule has 0 fully saturated rings. The fraction of sp³-hybridized carbons (Fsp3) is 0.273. The van der Waals surface area contributed by atoms with Gasteiger partial charge in [0.25, 0.3) is 0 Å². The Hall–Kier alpha value is -0.550. The number of para-hydroxylation sites is 1. The Morgan fingerprint density at radius 2 is 1.82 bits per heavy atom. The lowest BCUT2D eigenvalue weighted by Crippen LogP contribution is -2.32. The van der Waals surface area contributed by atoms with Gasteiger partial charge in [0.15, 0.2) is 17.2 Å². The van der Waals surface area contributed by atoms with Gasteiger partial charge in [-0.15, -0.1) is 0 Å². The molecule has 2 rings (SSSR count). The van der Waals surface area contributed by atoms with Gasteiger partial charge in [0, 0.05) is 4.91 Å². The first kappa shape index (κ1) is 12.9. The molecule has 6 heteroatoms. The number of rotatable bonds is 1. The third-order valence-electron chi connectivity index (χ3n) is 2.76. The topological polar surface area (TPSA) is 40.5 Å². The van der Waals surface area contributed by atoms with Gasteiger partial charge in [-0.25, -0.2) is 4.21 Å². The summed E-state index contributed by atoms with van der Waals surface area (Å²) in [7, 11) is -1.44. The monoisotopic (exact) mass is 291 g/mol. The van der Waals surface area contributed by atoms with E-state index in [0.29, 0.717) is 26.2 Å². The number of anilines is 1. The van der Waals surface area contributed by atoms with Gasteiger partial charge in [-0.2, -0.15) is 0 Å². The molecule has 2 atom stereocenters. The number of nitrogens with zero attached hydrogens (tertiary/aromatic N) is 1. The van der Waals surface area contributed by atoms with Crippen LogP contribution in [0.1, 0.15) is 13.8 Å². The van der Waals surface area contributed by atoms with E-state index in [9.17, 15) is 9.32 Å². The lowest BCUT2D eigenvalue weighted by atomic mass is 10.2. The molecule has 0 aromatic heterocycles. The van der Waals surface area contributed by atoms with E-state index in [1.165, 1.54) is 4.31 Å². The average molecular weight is 292 g/mol. The highest BCUT2D eigenvalue weighted by Gasteiger charge is 2.35. The molecular weight excluding hydrogens is 281 g/mol. The smallest absolute Gasteiger partial charge is 0.162 e. The van der Waals surface area contributed by atoms with Gasteiger partial charge in [0.2, 0.25) is 0 Å². The zero-order valence-corrected chi connectivity index (χ0v) is 11.6. The van der Waals surface area contributed by atoms with Crippen LogP contribution in [0.5, 0.6) is 0 Å². The molecule has 92 valence electrons. The van der Waals surface area contributed by atoms with Crippen LogP contribution in [0, 0.1) is 0 Å². The fourth-order valence-corrected chi connectivity index (χ4v) is 3.70. The summed E-state index contributed by atoms with van der Waals surface area (Å²) in [6, 6.07) is 5.00. The first-order valence-corrected chi connectivity index (χ1v) is 6.82. The van der Waals surface area contributed by atoms with Crippen molar-refractivity contribution in [2.75, 3.05) is 4.31 Å². The highest BCUT2D eigenvalue weighted by atomic mass is 35.5. The molecule has 0 saturated heterocycles. The van der Waals surface area contributed by atoms with Gasteiger partial charge in [-0.3, -0.25) is 4.31 Å². The van der Waals surface area contributed by atoms with Crippen LogP contribution in [-0.4, -0.2) is 15.5 Å². The first-order valence-electron chi connectivity index (χ1n) is 4.95. The van der Waals surface area contributed by atoms with Crippen molar-refractivity contribution >= 4 is 39.9 Å². The van der Waals surface area contributed by atoms with Crippen molar-refractivity contribution in [2.24, 2.45) is 0 Å². The Bertz CT molecular complexity index is 510. The van der Waals surface area contributed by atoms with Crippen molar-refractivity contribution < 1.29 is 9.32 Å². The number of hydrogen-bond acceptors (Lipinski definition) is 2. The fourth-order valence-electron chi connectivity index (χ4n) is 1.64. The van der Waals surface area contributed by atoms with Gasteiger partial charge in [0.05, 0.1) is 15.7 Å². The van der Waals surface area contributed by atoms with Crippen LogP contribution in [0.15, 0.2) is 28.7 Å². The Kier molecular flexibility index (Phi) is 3.50. The van der Waals surface area contributed by atoms with Crippen LogP contribution >= 0.6 is 23.2 Å². The molecule has 1 heterocycles. The quantitative estimate of drug-likeness (QED) is 0.864. The van der Waals surface area contributed by atoms with Crippen LogP contribution in [-0.2, 0) is 11.0 Å². The minimum atomic E-state index is -1.44. The Morgan fingerprint density at radius 3 is 2.24 bits per heavy atom. The summed E-state index contributed by atoms with van der Waals surface area (Å²) in [6.45, 7) is 3.46. The molecule has 1 aromatic rings. The molecular formula is C11H11Cl2NO2S. The SMILES string of the molecule is CC1=C(C)S(=O)N(c2c(Cl)cccc2Cl)[C@@H]1O. The molecule has 0 bridgehead atoms. The summed E-state index contributed by atoms with van der Waals surface area (Å²) < 4.78 is 13.5. The largest absolute Gasteiger partial charge is 0.369 e. The molecule has 1 unspecified atom stereocenters. The second kappa shape index (κ2) is 4.61. The molecule has 1 N–H and O–H groups in total. The highest BCUT2D eigenvalue weighted by Crippen LogP contribution is 2.40. The molecule has 0 radical (unpaired) electrons. The average Bonchev–Trinajstić information content (AvgIpc) is 2.46. The second-order valence-electron chi connectivity index (χ2n) is 3.76. The zero-order valence-electron chi connectivity index (χ0n) is 9.28. The van der Waals surface area contributed by atoms with Crippen LogP contribution in [0.4, 0.5) is 5.69 Å². The predicted molar refractivity (Wildman–Crippen MR) is 71.5 cm³/mol. The molecule has 0 amide bonds. The number of aliphatic hydroxyl groups excluding tert-OH is 1. The standard InChI is InChI=1S/C11H11Cl2NO2S/c1-6-7(2)17(16)14(11(6)15)10-8(12)4-3-5-9(10)13/h3-5,11,15H,1-2H3/t11-,17?/m1/s1. The van der Waals surface area contributed by atoms with E-state index in [4.69, 9.17) is 23.2 Å². The van der Waals surface area contributed by atoms with Crippen molar-refractivity contribution in [1.29, 1.82) is 0 Å². The van der Waals surface area contributed by atoms with E-state index in [2.05, 4.69) is 0 Å². The third kappa shape index (κ3) is 1.99. The van der Waals surface area contributed by atoms with Gasteiger partial charge in [0.1, 0.15) is 0 Å². The minimum Gasteiger partial charge on any atom is -0.369 e. The number of aliphatic hydroxyl groups is 1. The molecule has 0 aliphatic carbocycles. The molecule has 1 aliphatic rings. The molecule has 3 nitrogen and oxygen atoms in total. The Balaban J connectivity index is 2.54. The van der Waals surface area contributed by atoms with Gasteiger partial charge >= 0.3 is 0 Å². The lowest BCUT2D eigenvalue weighted by molar-refractivity contribution is 0.227. The summed E-state index contributed by atoms with van der Waals surface area (Å²) in [5, 5.41) is 10.8. The summed E-state index contributed by atoms with van der Waals surface area (Å²) in [6.07, 6.45) is -0.951. The van der Waals surface area contributed by atoms with Gasteiger partial charge in [-0.1, -0.05) is 29.3 Å². The van der Waals surface area contributed by atoms with E-state index >= 15 is 0 Å². The maximum atomic E-state index is 12.1. The lowest BCUT2D eigenvalue weighted by Gasteiger charge is -2.24. The Labute approximate surface area is 112 Å². The van der Waals surface area contributed by atoms with Gasteiger partial charge < -0.3 is 5.11 Å². The van der Waals surface area contributed by atoms with Crippen molar-refractivity contribution in [3.8, 4) is 0 Å². The molecule has 0 saturated carbocycles. The van der Waals surface area contributed by atoms with Crippen LogP contribution in [0.3, 0.4) is 0 Å². The number of halogens is 2. The first-order chi connectivity index (χ1) is 7.95. The number of hydrogen-bond donors (Lipinski definition) is 1. The van der Waals surface area contributed by atoms with E-state index in [1.54, 1.807) is 32.0 Å². The van der Waals surface area contributed by atoms with Crippen LogP contribution < -0.4 is 4.31 Å². The summed E-state index contributed by atoms with van der Waals surface area (Å²) in [4.78, 5) is 0.633. The molecule has 1 aliphatic heterocycles. The van der Waals surface area contributed by atoms with Crippen molar-refractivity contribution in [1.82, 2.24) is 0 Å². The zero-order chi connectivity index (χ0) is 12.7. The summed E-state index contributed by atoms with van der Waals surface area (Å²) >= 11 is 12.1. The molecule has 0 spiro atoms. The highest BCUT2D eigenvalue weighted by molar-refractivity contribution is 7.90. The molecule has 17 heavy (non-hydrogen) atoms. The van der Waals surface area contributed by atoms with E-state index < -0.39 is 17.2 Å². The number of benzene rings is 1. The second-order valence-corrected chi connectivity index (χ2v) is 6.08. The third-order valence-corrected chi connectivity index (χ3v) is 4.96. The predicted octanol–water partition coefficient (Wildman–Crippen LogP) is 3.09. The minimum absolute atomic E-state index is 0.368. The van der Waals surface area contributed by atoms with Gasteiger partial charge in [-0.05, 0) is 31.6 Å². The normalized spacial score (nSPS) is 24.6. The maximum absolute atomic E-state index is 12.1.